The zero-order valence-corrected chi connectivity index (χ0v) is 24.1. The van der Waals surface area contributed by atoms with Crippen molar-refractivity contribution in [3.8, 4) is 0 Å². The van der Waals surface area contributed by atoms with Gasteiger partial charge in [0, 0.05) is 32.2 Å². The van der Waals surface area contributed by atoms with Gasteiger partial charge in [-0.2, -0.15) is 0 Å². The Bertz CT molecular complexity index is 1770. The number of fused-ring (bicyclic) bond motifs is 1. The second kappa shape index (κ2) is 11.6. The number of anilines is 1. The van der Waals surface area contributed by atoms with E-state index in [0.29, 0.717) is 22.0 Å². The summed E-state index contributed by atoms with van der Waals surface area (Å²) in [4.78, 5) is 31.6. The Labute approximate surface area is 250 Å². The van der Waals surface area contributed by atoms with E-state index in [9.17, 15) is 9.59 Å². The molecule has 3 N–H and O–H groups in total. The number of benzene rings is 4. The molecule has 2 heterocycles. The third-order valence-electron chi connectivity index (χ3n) is 6.97. The molecule has 0 aliphatic carbocycles. The summed E-state index contributed by atoms with van der Waals surface area (Å²) in [5.74, 6) is -0.533. The number of rotatable bonds is 7. The number of aromatic nitrogens is 1. The maximum atomic E-state index is 13.6. The van der Waals surface area contributed by atoms with Crippen LogP contribution < -0.4 is 16.2 Å². The summed E-state index contributed by atoms with van der Waals surface area (Å²) in [7, 11) is 0. The summed E-state index contributed by atoms with van der Waals surface area (Å²) in [6.07, 6.45) is 1.82. The molecule has 2 atom stereocenters. The molecule has 2 amide bonds. The van der Waals surface area contributed by atoms with Gasteiger partial charge in [-0.3, -0.25) is 25.4 Å². The third kappa shape index (κ3) is 5.75. The molecule has 0 saturated carbocycles. The first-order chi connectivity index (χ1) is 20.0. The summed E-state index contributed by atoms with van der Waals surface area (Å²) in [5, 5.41) is 4.59. The summed E-state index contributed by atoms with van der Waals surface area (Å²) < 4.78 is 2.68. The summed E-state index contributed by atoms with van der Waals surface area (Å²) in [6, 6.07) is 32.0. The Hall–Kier alpha value is -4.40. The number of carbonyl (C=O) groups is 2. The minimum atomic E-state index is -0.331. The van der Waals surface area contributed by atoms with Crippen LogP contribution in [0.15, 0.2) is 119 Å². The van der Waals surface area contributed by atoms with Crippen molar-refractivity contribution >= 4 is 61.6 Å². The van der Waals surface area contributed by atoms with Crippen LogP contribution in [0.4, 0.5) is 5.69 Å². The van der Waals surface area contributed by atoms with Gasteiger partial charge in [0.1, 0.15) is 18.3 Å². The molecule has 6 rings (SSSR count). The van der Waals surface area contributed by atoms with Gasteiger partial charge in [0.05, 0.1) is 11.7 Å². The van der Waals surface area contributed by atoms with Crippen molar-refractivity contribution in [2.24, 2.45) is 4.99 Å². The first kappa shape index (κ1) is 26.8. The predicted octanol–water partition coefficient (Wildman–Crippen LogP) is 6.60. The number of hydrogen-bond donors (Lipinski definition) is 3. The van der Waals surface area contributed by atoms with E-state index in [0.717, 1.165) is 26.5 Å². The van der Waals surface area contributed by atoms with Crippen LogP contribution in [0.5, 0.6) is 0 Å². The van der Waals surface area contributed by atoms with Gasteiger partial charge in [0.2, 0.25) is 0 Å². The maximum absolute atomic E-state index is 13.6. The van der Waals surface area contributed by atoms with Crippen LogP contribution in [-0.2, 0) is 16.1 Å². The molecule has 1 aliphatic heterocycles. The quantitative estimate of drug-likeness (QED) is 0.178. The third-order valence-corrected chi connectivity index (χ3v) is 7.70. The van der Waals surface area contributed by atoms with Gasteiger partial charge in [0.25, 0.3) is 11.8 Å². The molecule has 7 nitrogen and oxygen atoms in total. The van der Waals surface area contributed by atoms with E-state index in [1.54, 1.807) is 24.3 Å². The fourth-order valence-corrected chi connectivity index (χ4v) is 5.64. The maximum Gasteiger partial charge on any atom is 0.270 e. The van der Waals surface area contributed by atoms with Crippen molar-refractivity contribution in [3.05, 3.63) is 136 Å². The van der Waals surface area contributed by atoms with Crippen molar-refractivity contribution in [3.63, 3.8) is 0 Å². The largest absolute Gasteiger partial charge is 0.341 e. The van der Waals surface area contributed by atoms with Crippen LogP contribution in [-0.4, -0.2) is 22.1 Å². The summed E-state index contributed by atoms with van der Waals surface area (Å²) in [5.41, 5.74) is 10.0. The SMILES string of the molecule is O=C(Cn1cc(C2=N[C@@H](c3ccccc3)[C@H](c3ccccc3)NC2=O)c2cc(Br)ccc21)NNc1cccc(Cl)c1. The fraction of sp³-hybridized carbons (Fsp3) is 0.0938. The highest BCUT2D eigenvalue weighted by molar-refractivity contribution is 9.10. The van der Waals surface area contributed by atoms with E-state index >= 15 is 0 Å². The van der Waals surface area contributed by atoms with Gasteiger partial charge >= 0.3 is 0 Å². The molecule has 0 spiro atoms. The molecule has 1 aliphatic rings. The average Bonchev–Trinajstić information content (AvgIpc) is 3.33. The van der Waals surface area contributed by atoms with Crippen LogP contribution in [0.3, 0.4) is 0 Å². The molecule has 204 valence electrons. The first-order valence-electron chi connectivity index (χ1n) is 13.0. The molecule has 4 aromatic carbocycles. The lowest BCUT2D eigenvalue weighted by atomic mass is 9.91. The minimum absolute atomic E-state index is 0.0232. The monoisotopic (exact) mass is 625 g/mol. The van der Waals surface area contributed by atoms with Crippen LogP contribution in [0.2, 0.25) is 5.02 Å². The second-order valence-electron chi connectivity index (χ2n) is 9.71. The van der Waals surface area contributed by atoms with Gasteiger partial charge in [0.15, 0.2) is 0 Å². The van der Waals surface area contributed by atoms with Crippen molar-refractivity contribution < 1.29 is 9.59 Å². The fourth-order valence-electron chi connectivity index (χ4n) is 5.09. The van der Waals surface area contributed by atoms with E-state index in [-0.39, 0.29) is 30.4 Å². The molecule has 0 unspecified atom stereocenters. The standard InChI is InChI=1S/C32H25BrClN5O2/c33-22-14-15-27-25(16-22)26(18-39(27)19-28(40)38-37-24-13-7-12-23(34)17-24)31-32(41)36-30(21-10-5-2-6-11-21)29(35-31)20-8-3-1-4-9-20/h1-18,29-30,37H,19H2,(H,36,41)(H,38,40)/t29-,30-/m0/s1. The second-order valence-corrected chi connectivity index (χ2v) is 11.1. The van der Waals surface area contributed by atoms with E-state index in [1.165, 1.54) is 0 Å². The number of hydrogen-bond acceptors (Lipinski definition) is 4. The van der Waals surface area contributed by atoms with E-state index < -0.39 is 0 Å². The predicted molar refractivity (Wildman–Crippen MR) is 166 cm³/mol. The number of amides is 2. The smallest absolute Gasteiger partial charge is 0.270 e. The molecule has 9 heteroatoms. The van der Waals surface area contributed by atoms with Crippen molar-refractivity contribution in [1.82, 2.24) is 15.3 Å². The molecule has 5 aromatic rings. The lowest BCUT2D eigenvalue weighted by molar-refractivity contribution is -0.121. The first-order valence-corrected chi connectivity index (χ1v) is 14.2. The molecule has 0 saturated heterocycles. The van der Waals surface area contributed by atoms with Gasteiger partial charge in [-0.25, -0.2) is 0 Å². The Kier molecular flexibility index (Phi) is 7.59. The minimum Gasteiger partial charge on any atom is -0.341 e. The molecule has 0 bridgehead atoms. The normalized spacial score (nSPS) is 16.6. The van der Waals surface area contributed by atoms with Crippen molar-refractivity contribution in [2.45, 2.75) is 18.6 Å². The highest BCUT2D eigenvalue weighted by Crippen LogP contribution is 2.37. The molecule has 41 heavy (non-hydrogen) atoms. The Morgan fingerprint density at radius 1 is 0.927 bits per heavy atom. The number of hydrazine groups is 1. The van der Waals surface area contributed by atoms with Crippen molar-refractivity contribution in [1.29, 1.82) is 0 Å². The highest BCUT2D eigenvalue weighted by atomic mass is 79.9. The summed E-state index contributed by atoms with van der Waals surface area (Å²) in [6.45, 7) is 0.0232. The van der Waals surface area contributed by atoms with E-state index in [1.807, 2.05) is 89.6 Å². The Morgan fingerprint density at radius 2 is 1.66 bits per heavy atom. The highest BCUT2D eigenvalue weighted by Gasteiger charge is 2.34. The number of carbonyl (C=O) groups excluding carboxylic acids is 2. The average molecular weight is 627 g/mol. The number of nitrogens with zero attached hydrogens (tertiary/aromatic N) is 2. The zero-order valence-electron chi connectivity index (χ0n) is 21.7. The van der Waals surface area contributed by atoms with Gasteiger partial charge in [-0.1, -0.05) is 94.3 Å². The molecule has 0 fully saturated rings. The summed E-state index contributed by atoms with van der Waals surface area (Å²) >= 11 is 9.61. The zero-order chi connectivity index (χ0) is 28.3. The van der Waals surface area contributed by atoms with Gasteiger partial charge < -0.3 is 9.88 Å². The lowest BCUT2D eigenvalue weighted by Gasteiger charge is -2.31. The van der Waals surface area contributed by atoms with Crippen LogP contribution in [0.25, 0.3) is 10.9 Å². The van der Waals surface area contributed by atoms with E-state index in [4.69, 9.17) is 16.6 Å². The van der Waals surface area contributed by atoms with Gasteiger partial charge in [-0.05, 0) is 47.5 Å². The van der Waals surface area contributed by atoms with Crippen molar-refractivity contribution in [2.75, 3.05) is 5.43 Å². The van der Waals surface area contributed by atoms with E-state index in [2.05, 4.69) is 32.1 Å². The molecular formula is C32H25BrClN5O2. The number of halogens is 2. The number of nitrogens with one attached hydrogen (secondary N) is 3. The lowest BCUT2D eigenvalue weighted by Crippen LogP contribution is -2.42. The molecule has 1 aromatic heterocycles. The number of aliphatic imine (C=N–C) groups is 1. The topological polar surface area (TPSA) is 87.5 Å². The molecular weight excluding hydrogens is 602 g/mol. The van der Waals surface area contributed by atoms with Gasteiger partial charge in [-0.15, -0.1) is 0 Å². The Balaban J connectivity index is 1.37. The molecule has 0 radical (unpaired) electrons. The Morgan fingerprint density at radius 3 is 2.39 bits per heavy atom. The van der Waals surface area contributed by atoms with Crippen LogP contribution >= 0.6 is 27.5 Å². The van der Waals surface area contributed by atoms with Crippen LogP contribution in [0, 0.1) is 0 Å². The van der Waals surface area contributed by atoms with Crippen LogP contribution in [0.1, 0.15) is 28.8 Å².